The summed E-state index contributed by atoms with van der Waals surface area (Å²) in [6.45, 7) is 0. The van der Waals surface area contributed by atoms with Gasteiger partial charge in [-0.2, -0.15) is 0 Å². The van der Waals surface area contributed by atoms with Gasteiger partial charge in [-0.05, 0) is 0 Å². The van der Waals surface area contributed by atoms with Gasteiger partial charge in [-0.1, -0.05) is 30.3 Å². The molecule has 2 nitrogen and oxygen atoms in total. The zero-order valence-corrected chi connectivity index (χ0v) is 9.61. The molecule has 0 unspecified atom stereocenters. The molecule has 1 rings (SSSR count). The van der Waals surface area contributed by atoms with Crippen molar-refractivity contribution in [2.75, 3.05) is 0 Å². The summed E-state index contributed by atoms with van der Waals surface area (Å²) >= 11 is 0. The number of hydrogen-bond acceptors (Lipinski definition) is 0. The second-order valence-corrected chi connectivity index (χ2v) is 1.37. The van der Waals surface area contributed by atoms with Crippen LogP contribution in [0.2, 0.25) is 0 Å². The molecule has 0 aromatic heterocycles. The molecule has 0 aliphatic rings. The molecule has 1 aromatic carbocycles. The standard InChI is InChI=1S/C6H6N.Ba.H2N/c7-6-4-2-1-3-5-6;;/h1-5,7H;;1H2/q-1;+2;-1. The van der Waals surface area contributed by atoms with Crippen molar-refractivity contribution in [3.63, 3.8) is 0 Å². The molecule has 9 heavy (non-hydrogen) atoms. The van der Waals surface area contributed by atoms with E-state index in [0.717, 1.165) is 0 Å². The van der Waals surface area contributed by atoms with Gasteiger partial charge >= 0.3 is 48.9 Å². The maximum atomic E-state index is 7.00. The summed E-state index contributed by atoms with van der Waals surface area (Å²) < 4.78 is 0. The van der Waals surface area contributed by atoms with Crippen LogP contribution in [0.3, 0.4) is 0 Å². The molecule has 0 saturated carbocycles. The topological polar surface area (TPSA) is 57.3 Å². The zero-order valence-electron chi connectivity index (χ0n) is 5.17. The summed E-state index contributed by atoms with van der Waals surface area (Å²) in [5.41, 5.74) is 7.57. The Kier molecular flexibility index (Phi) is 9.08. The van der Waals surface area contributed by atoms with E-state index in [0.29, 0.717) is 5.69 Å². The van der Waals surface area contributed by atoms with Gasteiger partial charge in [0.05, 0.1) is 0 Å². The van der Waals surface area contributed by atoms with Gasteiger partial charge in [0.2, 0.25) is 0 Å². The molecule has 0 saturated heterocycles. The summed E-state index contributed by atoms with van der Waals surface area (Å²) in [5.74, 6) is 0. The van der Waals surface area contributed by atoms with E-state index in [1.807, 2.05) is 18.2 Å². The van der Waals surface area contributed by atoms with Gasteiger partial charge in [0.25, 0.3) is 0 Å². The van der Waals surface area contributed by atoms with Crippen molar-refractivity contribution >= 4 is 54.6 Å². The number of hydrogen-bond donors (Lipinski definition) is 0. The van der Waals surface area contributed by atoms with Gasteiger partial charge in [-0.25, -0.2) is 0 Å². The van der Waals surface area contributed by atoms with Gasteiger partial charge in [-0.15, -0.1) is 5.69 Å². The van der Waals surface area contributed by atoms with Gasteiger partial charge < -0.3 is 11.9 Å². The van der Waals surface area contributed by atoms with Crippen molar-refractivity contribution in [3.05, 3.63) is 42.2 Å². The Morgan fingerprint density at radius 3 is 1.67 bits per heavy atom. The molecule has 0 fully saturated rings. The van der Waals surface area contributed by atoms with Gasteiger partial charge in [0.15, 0.2) is 0 Å². The first-order valence-corrected chi connectivity index (χ1v) is 2.16. The van der Waals surface area contributed by atoms with Gasteiger partial charge in [0, 0.05) is 0 Å². The minimum absolute atomic E-state index is 0. The van der Waals surface area contributed by atoms with Crippen LogP contribution in [0, 0.1) is 0 Å². The summed E-state index contributed by atoms with van der Waals surface area (Å²) in [7, 11) is 0. The van der Waals surface area contributed by atoms with Crippen molar-refractivity contribution < 1.29 is 0 Å². The average Bonchev–Trinajstić information content (AvgIpc) is 1.69. The summed E-state index contributed by atoms with van der Waals surface area (Å²) in [5, 5.41) is 0. The quantitative estimate of drug-likeness (QED) is 0.631. The van der Waals surface area contributed by atoms with E-state index >= 15 is 0 Å². The molecule has 3 heteroatoms. The SMILES string of the molecule is [Ba+2].[NH-]c1ccccc1.[NH2-]. The third-order valence-electron chi connectivity index (χ3n) is 0.774. The van der Waals surface area contributed by atoms with Gasteiger partial charge in [0.1, 0.15) is 0 Å². The first-order valence-electron chi connectivity index (χ1n) is 2.16. The van der Waals surface area contributed by atoms with Crippen LogP contribution >= 0.6 is 0 Å². The fourth-order valence-electron chi connectivity index (χ4n) is 0.438. The number of benzene rings is 1. The molecular formula is C6H8BaN2. The van der Waals surface area contributed by atoms with Crippen LogP contribution in [0.15, 0.2) is 30.3 Å². The van der Waals surface area contributed by atoms with Gasteiger partial charge in [-0.3, -0.25) is 0 Å². The maximum absolute atomic E-state index is 7.00. The molecule has 0 amide bonds. The monoisotopic (exact) mass is 246 g/mol. The second-order valence-electron chi connectivity index (χ2n) is 1.37. The van der Waals surface area contributed by atoms with E-state index in [1.54, 1.807) is 12.1 Å². The predicted molar refractivity (Wildman–Crippen MR) is 41.5 cm³/mol. The fourth-order valence-corrected chi connectivity index (χ4v) is 0.438. The normalized spacial score (nSPS) is 6.67. The van der Waals surface area contributed by atoms with Crippen LogP contribution in [-0.4, -0.2) is 48.9 Å². The van der Waals surface area contributed by atoms with Crippen LogP contribution in [0.5, 0.6) is 0 Å². The molecule has 44 valence electrons. The first kappa shape index (κ1) is 12.2. The van der Waals surface area contributed by atoms with E-state index in [2.05, 4.69) is 0 Å². The minimum atomic E-state index is 0. The van der Waals surface area contributed by atoms with E-state index in [4.69, 9.17) is 5.73 Å². The Labute approximate surface area is 95.5 Å². The summed E-state index contributed by atoms with van der Waals surface area (Å²) in [4.78, 5) is 0. The molecule has 0 aliphatic heterocycles. The van der Waals surface area contributed by atoms with Crippen molar-refractivity contribution in [3.8, 4) is 0 Å². The van der Waals surface area contributed by atoms with Crippen LogP contribution < -0.4 is 0 Å². The van der Waals surface area contributed by atoms with Crippen molar-refractivity contribution in [1.82, 2.24) is 0 Å². The first-order chi connectivity index (χ1) is 3.39. The average molecular weight is 245 g/mol. The minimum Gasteiger partial charge on any atom is -0.699 e. The fraction of sp³-hybridized carbons (Fsp3) is 0. The maximum Gasteiger partial charge on any atom is 2.00 e. The van der Waals surface area contributed by atoms with E-state index in [-0.39, 0.29) is 55.0 Å². The predicted octanol–water partition coefficient (Wildman–Crippen LogP) is 2.71. The molecule has 0 radical (unpaired) electrons. The molecular weight excluding hydrogens is 237 g/mol. The zero-order chi connectivity index (χ0) is 5.11. The molecule has 0 atom stereocenters. The van der Waals surface area contributed by atoms with Crippen LogP contribution in [0.4, 0.5) is 5.69 Å². The van der Waals surface area contributed by atoms with Crippen molar-refractivity contribution in [2.24, 2.45) is 0 Å². The Morgan fingerprint density at radius 1 is 1.00 bits per heavy atom. The largest absolute Gasteiger partial charge is 2.00 e. The third kappa shape index (κ3) is 5.02. The summed E-state index contributed by atoms with van der Waals surface area (Å²) in [6.07, 6.45) is 0. The number of rotatable bonds is 0. The van der Waals surface area contributed by atoms with Crippen molar-refractivity contribution in [2.45, 2.75) is 0 Å². The van der Waals surface area contributed by atoms with Crippen LogP contribution in [0.25, 0.3) is 11.9 Å². The smallest absolute Gasteiger partial charge is 0.699 e. The van der Waals surface area contributed by atoms with Crippen LogP contribution in [0.1, 0.15) is 0 Å². The molecule has 0 bridgehead atoms. The molecule has 0 aliphatic carbocycles. The van der Waals surface area contributed by atoms with E-state index in [9.17, 15) is 0 Å². The van der Waals surface area contributed by atoms with E-state index in [1.165, 1.54) is 0 Å². The Balaban J connectivity index is 0. The van der Waals surface area contributed by atoms with E-state index < -0.39 is 0 Å². The Hall–Kier alpha value is 0.551. The number of nitrogens with two attached hydrogens (primary N) is 1. The number of nitrogens with one attached hydrogen (secondary N) is 1. The third-order valence-corrected chi connectivity index (χ3v) is 0.774. The van der Waals surface area contributed by atoms with Crippen molar-refractivity contribution in [1.29, 1.82) is 0 Å². The Bertz CT molecular complexity index is 141. The van der Waals surface area contributed by atoms with Crippen LogP contribution in [-0.2, 0) is 0 Å². The molecule has 0 spiro atoms. The summed E-state index contributed by atoms with van der Waals surface area (Å²) in [6, 6.07) is 9.10. The molecule has 3 N–H and O–H groups in total. The molecule has 1 aromatic rings. The molecule has 0 heterocycles. The Morgan fingerprint density at radius 2 is 1.44 bits per heavy atom. The second kappa shape index (κ2) is 6.67.